The van der Waals surface area contributed by atoms with Crippen LogP contribution in [0.15, 0.2) is 64.6 Å². The Bertz CT molecular complexity index is 1150. The number of aliphatic hydroxyl groups is 1. The number of aromatic nitrogens is 2. The molecule has 7 nitrogen and oxygen atoms in total. The molecule has 0 fully saturated rings. The van der Waals surface area contributed by atoms with Crippen LogP contribution in [-0.4, -0.2) is 36.1 Å². The molecule has 3 rings (SSSR count). The normalized spacial score (nSPS) is 12.4. The van der Waals surface area contributed by atoms with E-state index in [0.29, 0.717) is 16.7 Å². The Morgan fingerprint density at radius 3 is 2.52 bits per heavy atom. The number of benzene rings is 2. The van der Waals surface area contributed by atoms with E-state index in [4.69, 9.17) is 11.6 Å². The predicted molar refractivity (Wildman–Crippen MR) is 120 cm³/mol. The van der Waals surface area contributed by atoms with Gasteiger partial charge in [-0.1, -0.05) is 53.7 Å². The zero-order valence-corrected chi connectivity index (χ0v) is 18.8. The second-order valence-corrected chi connectivity index (χ2v) is 9.60. The summed E-state index contributed by atoms with van der Waals surface area (Å²) in [5.41, 5.74) is 1.05. The van der Waals surface area contributed by atoms with Crippen molar-refractivity contribution in [2.24, 2.45) is 0 Å². The van der Waals surface area contributed by atoms with Crippen molar-refractivity contribution < 1.29 is 17.9 Å². The second kappa shape index (κ2) is 10.3. The first-order chi connectivity index (χ1) is 14.8. The maximum absolute atomic E-state index is 13.3. The Morgan fingerprint density at radius 1 is 1.13 bits per heavy atom. The fourth-order valence-corrected chi connectivity index (χ4v) is 4.86. The SMILES string of the molecule is C[C@H](CO)Nc1cc(NS(=O)(=O)c2ccc(F)cc2Cl)nc(SCc2ccccc2)n1. The fourth-order valence-electron chi connectivity index (χ4n) is 2.52. The molecule has 164 valence electrons. The largest absolute Gasteiger partial charge is 0.394 e. The second-order valence-electron chi connectivity index (χ2n) is 6.60. The third-order valence-electron chi connectivity index (χ3n) is 4.01. The molecular formula is C20H20ClFN4O3S2. The van der Waals surface area contributed by atoms with Gasteiger partial charge in [-0.3, -0.25) is 4.72 Å². The van der Waals surface area contributed by atoms with E-state index in [-0.39, 0.29) is 28.4 Å². The molecule has 0 bridgehead atoms. The first kappa shape index (κ1) is 23.3. The monoisotopic (exact) mass is 482 g/mol. The fraction of sp³-hybridized carbons (Fsp3) is 0.200. The van der Waals surface area contributed by atoms with Gasteiger partial charge in [0, 0.05) is 17.9 Å². The summed E-state index contributed by atoms with van der Waals surface area (Å²) in [6.07, 6.45) is 0. The maximum Gasteiger partial charge on any atom is 0.264 e. The minimum Gasteiger partial charge on any atom is -0.394 e. The molecule has 0 saturated heterocycles. The van der Waals surface area contributed by atoms with Gasteiger partial charge in [-0.05, 0) is 30.7 Å². The van der Waals surface area contributed by atoms with Crippen LogP contribution in [0.2, 0.25) is 5.02 Å². The van der Waals surface area contributed by atoms with Gasteiger partial charge < -0.3 is 10.4 Å². The van der Waals surface area contributed by atoms with Crippen LogP contribution >= 0.6 is 23.4 Å². The number of anilines is 2. The lowest BCUT2D eigenvalue weighted by Crippen LogP contribution is -2.21. The van der Waals surface area contributed by atoms with Gasteiger partial charge in [0.1, 0.15) is 22.3 Å². The van der Waals surface area contributed by atoms with Crippen LogP contribution in [0.3, 0.4) is 0 Å². The van der Waals surface area contributed by atoms with Crippen LogP contribution in [-0.2, 0) is 15.8 Å². The first-order valence-electron chi connectivity index (χ1n) is 9.18. The van der Waals surface area contributed by atoms with Crippen molar-refractivity contribution in [3.05, 3.63) is 71.0 Å². The van der Waals surface area contributed by atoms with Gasteiger partial charge >= 0.3 is 0 Å². The highest BCUT2D eigenvalue weighted by Gasteiger charge is 2.20. The van der Waals surface area contributed by atoms with E-state index in [2.05, 4.69) is 20.0 Å². The van der Waals surface area contributed by atoms with Crippen molar-refractivity contribution in [1.29, 1.82) is 0 Å². The Kier molecular flexibility index (Phi) is 7.71. The lowest BCUT2D eigenvalue weighted by atomic mass is 10.2. The molecule has 0 amide bonds. The molecule has 2 aromatic carbocycles. The lowest BCUT2D eigenvalue weighted by Gasteiger charge is -2.15. The summed E-state index contributed by atoms with van der Waals surface area (Å²) < 4.78 is 41.2. The number of hydrogen-bond donors (Lipinski definition) is 3. The van der Waals surface area contributed by atoms with Crippen molar-refractivity contribution in [1.82, 2.24) is 9.97 Å². The quantitative estimate of drug-likeness (QED) is 0.311. The number of hydrogen-bond acceptors (Lipinski definition) is 7. The number of aliphatic hydroxyl groups excluding tert-OH is 1. The van der Waals surface area contributed by atoms with Gasteiger partial charge in [-0.15, -0.1) is 0 Å². The highest BCUT2D eigenvalue weighted by Crippen LogP contribution is 2.27. The Labute approximate surface area is 189 Å². The van der Waals surface area contributed by atoms with Gasteiger partial charge in [0.25, 0.3) is 10.0 Å². The van der Waals surface area contributed by atoms with E-state index in [1.807, 2.05) is 30.3 Å². The van der Waals surface area contributed by atoms with Gasteiger partial charge in [-0.2, -0.15) is 0 Å². The summed E-state index contributed by atoms with van der Waals surface area (Å²) in [6.45, 7) is 1.61. The van der Waals surface area contributed by atoms with Crippen LogP contribution in [0.1, 0.15) is 12.5 Å². The van der Waals surface area contributed by atoms with E-state index in [1.165, 1.54) is 17.8 Å². The van der Waals surface area contributed by atoms with Gasteiger partial charge in [0.05, 0.1) is 11.6 Å². The third kappa shape index (κ3) is 6.54. The van der Waals surface area contributed by atoms with Crippen molar-refractivity contribution in [3.8, 4) is 0 Å². The smallest absolute Gasteiger partial charge is 0.264 e. The molecule has 31 heavy (non-hydrogen) atoms. The molecule has 0 aliphatic heterocycles. The minimum absolute atomic E-state index is 0.0126. The number of thioether (sulfide) groups is 1. The maximum atomic E-state index is 13.3. The summed E-state index contributed by atoms with van der Waals surface area (Å²) in [4.78, 5) is 8.40. The Morgan fingerprint density at radius 2 is 1.84 bits per heavy atom. The topological polar surface area (TPSA) is 104 Å². The molecule has 0 spiro atoms. The van der Waals surface area contributed by atoms with Crippen LogP contribution in [0, 0.1) is 5.82 Å². The van der Waals surface area contributed by atoms with Crippen molar-refractivity contribution in [2.45, 2.75) is 28.8 Å². The molecule has 1 aromatic heterocycles. The van der Waals surface area contributed by atoms with Crippen molar-refractivity contribution >= 4 is 45.0 Å². The summed E-state index contributed by atoms with van der Waals surface area (Å²) in [6, 6.07) is 13.8. The molecule has 0 saturated carbocycles. The van der Waals surface area contributed by atoms with E-state index in [1.54, 1.807) is 6.92 Å². The molecule has 0 unspecified atom stereocenters. The highest BCUT2D eigenvalue weighted by molar-refractivity contribution is 7.98. The molecule has 1 atom stereocenters. The molecule has 1 heterocycles. The van der Waals surface area contributed by atoms with Crippen molar-refractivity contribution in [3.63, 3.8) is 0 Å². The summed E-state index contributed by atoms with van der Waals surface area (Å²) in [5, 5.41) is 12.4. The van der Waals surface area contributed by atoms with Crippen LogP contribution in [0.4, 0.5) is 16.0 Å². The molecule has 11 heteroatoms. The van der Waals surface area contributed by atoms with E-state index in [9.17, 15) is 17.9 Å². The average Bonchev–Trinajstić information content (AvgIpc) is 2.72. The molecule has 3 aromatic rings. The molecule has 3 N–H and O–H groups in total. The summed E-state index contributed by atoms with van der Waals surface area (Å²) >= 11 is 7.24. The Balaban J connectivity index is 1.89. The molecular weight excluding hydrogens is 463 g/mol. The lowest BCUT2D eigenvalue weighted by molar-refractivity contribution is 0.281. The van der Waals surface area contributed by atoms with Crippen LogP contribution < -0.4 is 10.0 Å². The highest BCUT2D eigenvalue weighted by atomic mass is 35.5. The number of nitrogens with one attached hydrogen (secondary N) is 2. The van der Waals surface area contributed by atoms with Gasteiger partial charge in [0.15, 0.2) is 5.16 Å². The zero-order chi connectivity index (χ0) is 22.4. The van der Waals surface area contributed by atoms with Gasteiger partial charge in [0.2, 0.25) is 0 Å². The third-order valence-corrected chi connectivity index (χ3v) is 6.76. The molecule has 0 radical (unpaired) electrons. The zero-order valence-electron chi connectivity index (χ0n) is 16.4. The van der Waals surface area contributed by atoms with Crippen LogP contribution in [0.5, 0.6) is 0 Å². The molecule has 0 aliphatic carbocycles. The van der Waals surface area contributed by atoms with Crippen molar-refractivity contribution in [2.75, 3.05) is 16.6 Å². The van der Waals surface area contributed by atoms with E-state index < -0.39 is 15.8 Å². The molecule has 0 aliphatic rings. The number of nitrogens with zero attached hydrogens (tertiary/aromatic N) is 2. The van der Waals surface area contributed by atoms with E-state index in [0.717, 1.165) is 23.8 Å². The summed E-state index contributed by atoms with van der Waals surface area (Å²) in [7, 11) is -4.12. The predicted octanol–water partition coefficient (Wildman–Crippen LogP) is 4.15. The minimum atomic E-state index is -4.12. The number of rotatable bonds is 9. The Hall–Kier alpha value is -2.40. The standard InChI is InChI=1S/C20H20ClFN4O3S2/c1-13(11-27)23-18-10-19(25-20(24-18)30-12-14-5-3-2-4-6-14)26-31(28,29)17-8-7-15(22)9-16(17)21/h2-10,13,27H,11-12H2,1H3,(H2,23,24,25,26)/t13-/m1/s1. The first-order valence-corrected chi connectivity index (χ1v) is 12.0. The van der Waals surface area contributed by atoms with Crippen LogP contribution in [0.25, 0.3) is 0 Å². The number of sulfonamides is 1. The summed E-state index contributed by atoms with van der Waals surface area (Å²) in [5.74, 6) is 0.291. The van der Waals surface area contributed by atoms with Gasteiger partial charge in [-0.25, -0.2) is 22.8 Å². The number of halogens is 2. The average molecular weight is 483 g/mol. The van der Waals surface area contributed by atoms with E-state index >= 15 is 0 Å².